The fraction of sp³-hybridized carbons (Fsp3) is 0.389. The molecule has 0 aliphatic heterocycles. The second-order valence-electron chi connectivity index (χ2n) is 5.81. The van der Waals surface area contributed by atoms with E-state index >= 15 is 0 Å². The molecule has 1 atom stereocenters. The lowest BCUT2D eigenvalue weighted by atomic mass is 10.1. The fourth-order valence-electron chi connectivity index (χ4n) is 2.35. The van der Waals surface area contributed by atoms with Gasteiger partial charge in [0.25, 0.3) is 5.91 Å². The van der Waals surface area contributed by atoms with Crippen LogP contribution in [0.5, 0.6) is 0 Å². The maximum Gasteiger partial charge on any atom is 0.251 e. The molecule has 1 heterocycles. The number of aliphatic hydroxyl groups excluding tert-OH is 1. The number of aryl methyl sites for hydroxylation is 2. The molecule has 3 N–H and O–H groups in total. The van der Waals surface area contributed by atoms with Crippen LogP contribution in [0, 0.1) is 13.8 Å². The van der Waals surface area contributed by atoms with Crippen LogP contribution in [-0.2, 0) is 0 Å². The first-order valence-electron chi connectivity index (χ1n) is 8.12. The number of rotatable bonds is 8. The standard InChI is InChI=1S/C18H24N4O2S/c1-12-10-13(2)20-18(19-12)22-15-6-4-14(5-7-15)17(24)21-16(11-23)8-9-25-3/h4-7,10,16,23H,8-9,11H2,1-3H3,(H,21,24)(H,19,20,22). The van der Waals surface area contributed by atoms with E-state index in [0.717, 1.165) is 29.2 Å². The van der Waals surface area contributed by atoms with E-state index in [0.29, 0.717) is 11.5 Å². The zero-order valence-corrected chi connectivity index (χ0v) is 15.6. The molecule has 0 saturated carbocycles. The number of aliphatic hydroxyl groups is 1. The quantitative estimate of drug-likeness (QED) is 0.671. The topological polar surface area (TPSA) is 87.1 Å². The van der Waals surface area contributed by atoms with Gasteiger partial charge in [-0.3, -0.25) is 4.79 Å². The largest absolute Gasteiger partial charge is 0.394 e. The first-order chi connectivity index (χ1) is 12.0. The van der Waals surface area contributed by atoms with Crippen molar-refractivity contribution in [3.05, 3.63) is 47.3 Å². The summed E-state index contributed by atoms with van der Waals surface area (Å²) in [6.07, 6.45) is 2.74. The summed E-state index contributed by atoms with van der Waals surface area (Å²) in [5, 5.41) is 15.3. The molecular weight excluding hydrogens is 336 g/mol. The molecule has 0 fully saturated rings. The lowest BCUT2D eigenvalue weighted by molar-refractivity contribution is 0.0915. The highest BCUT2D eigenvalue weighted by Gasteiger charge is 2.12. The third kappa shape index (κ3) is 6.03. The number of anilines is 2. The minimum absolute atomic E-state index is 0.0595. The van der Waals surface area contributed by atoms with Gasteiger partial charge in [-0.2, -0.15) is 11.8 Å². The van der Waals surface area contributed by atoms with Crippen LogP contribution in [-0.4, -0.2) is 45.6 Å². The van der Waals surface area contributed by atoms with Crippen molar-refractivity contribution in [2.75, 3.05) is 23.9 Å². The van der Waals surface area contributed by atoms with Crippen LogP contribution >= 0.6 is 11.8 Å². The number of carbonyl (C=O) groups is 1. The normalized spacial score (nSPS) is 11.8. The van der Waals surface area contributed by atoms with Crippen molar-refractivity contribution in [2.24, 2.45) is 0 Å². The maximum atomic E-state index is 12.3. The van der Waals surface area contributed by atoms with Crippen LogP contribution in [0.15, 0.2) is 30.3 Å². The first kappa shape index (κ1) is 19.2. The van der Waals surface area contributed by atoms with Gasteiger partial charge in [-0.05, 0) is 62.6 Å². The van der Waals surface area contributed by atoms with Gasteiger partial charge in [0.05, 0.1) is 12.6 Å². The fourth-order valence-corrected chi connectivity index (χ4v) is 2.87. The Hall–Kier alpha value is -2.12. The number of hydrogen-bond donors (Lipinski definition) is 3. The molecule has 1 aromatic heterocycles. The van der Waals surface area contributed by atoms with Crippen LogP contribution in [0.1, 0.15) is 28.2 Å². The van der Waals surface area contributed by atoms with Crippen molar-refractivity contribution in [2.45, 2.75) is 26.3 Å². The molecule has 0 spiro atoms. The number of hydrogen-bond acceptors (Lipinski definition) is 6. The summed E-state index contributed by atoms with van der Waals surface area (Å²) in [7, 11) is 0. The molecule has 25 heavy (non-hydrogen) atoms. The average Bonchev–Trinajstić information content (AvgIpc) is 2.58. The second kappa shape index (κ2) is 9.39. The molecule has 2 rings (SSSR count). The van der Waals surface area contributed by atoms with Crippen molar-refractivity contribution in [3.63, 3.8) is 0 Å². The average molecular weight is 360 g/mol. The van der Waals surface area contributed by atoms with Crippen molar-refractivity contribution < 1.29 is 9.90 Å². The van der Waals surface area contributed by atoms with Crippen molar-refractivity contribution in [1.82, 2.24) is 15.3 Å². The van der Waals surface area contributed by atoms with Crippen LogP contribution in [0.25, 0.3) is 0 Å². The van der Waals surface area contributed by atoms with Crippen molar-refractivity contribution in [3.8, 4) is 0 Å². The number of nitrogens with one attached hydrogen (secondary N) is 2. The molecule has 6 nitrogen and oxygen atoms in total. The smallest absolute Gasteiger partial charge is 0.251 e. The zero-order valence-electron chi connectivity index (χ0n) is 14.7. The number of nitrogens with zero attached hydrogens (tertiary/aromatic N) is 2. The van der Waals surface area contributed by atoms with Crippen LogP contribution in [0.4, 0.5) is 11.6 Å². The van der Waals surface area contributed by atoms with Crippen molar-refractivity contribution >= 4 is 29.3 Å². The molecule has 134 valence electrons. The summed E-state index contributed by atoms with van der Waals surface area (Å²) in [6, 6.07) is 8.79. The monoisotopic (exact) mass is 360 g/mol. The van der Waals surface area contributed by atoms with Gasteiger partial charge in [0.1, 0.15) is 0 Å². The Balaban J connectivity index is 1.99. The number of thioether (sulfide) groups is 1. The molecule has 1 aromatic carbocycles. The first-order valence-corrected chi connectivity index (χ1v) is 9.51. The van der Waals surface area contributed by atoms with Gasteiger partial charge in [0, 0.05) is 22.6 Å². The highest BCUT2D eigenvalue weighted by atomic mass is 32.2. The Morgan fingerprint density at radius 1 is 1.20 bits per heavy atom. The summed E-state index contributed by atoms with van der Waals surface area (Å²) in [4.78, 5) is 20.9. The predicted octanol–water partition coefficient (Wildman–Crippen LogP) is 2.68. The molecule has 0 radical (unpaired) electrons. The Bertz CT molecular complexity index is 686. The number of amides is 1. The number of carbonyl (C=O) groups excluding carboxylic acids is 1. The molecule has 0 aliphatic rings. The van der Waals surface area contributed by atoms with E-state index in [1.54, 1.807) is 23.9 Å². The molecule has 0 aliphatic carbocycles. The number of aromatic nitrogens is 2. The number of benzene rings is 1. The van der Waals surface area contributed by atoms with E-state index in [2.05, 4.69) is 20.6 Å². The Morgan fingerprint density at radius 2 is 1.84 bits per heavy atom. The van der Waals surface area contributed by atoms with Gasteiger partial charge in [0.15, 0.2) is 0 Å². The molecule has 1 unspecified atom stereocenters. The van der Waals surface area contributed by atoms with Gasteiger partial charge in [-0.25, -0.2) is 9.97 Å². The van der Waals surface area contributed by atoms with E-state index in [-0.39, 0.29) is 18.6 Å². The highest BCUT2D eigenvalue weighted by molar-refractivity contribution is 7.98. The molecule has 0 bridgehead atoms. The molecule has 1 amide bonds. The van der Waals surface area contributed by atoms with Crippen LogP contribution < -0.4 is 10.6 Å². The minimum atomic E-state index is -0.221. The Kier molecular flexibility index (Phi) is 7.21. The third-order valence-electron chi connectivity index (χ3n) is 3.61. The van der Waals surface area contributed by atoms with Gasteiger partial charge in [0.2, 0.25) is 5.95 Å². The molecule has 0 saturated heterocycles. The van der Waals surface area contributed by atoms with Crippen LogP contribution in [0.3, 0.4) is 0 Å². The van der Waals surface area contributed by atoms with E-state index < -0.39 is 0 Å². The van der Waals surface area contributed by atoms with Gasteiger partial charge in [-0.15, -0.1) is 0 Å². The lowest BCUT2D eigenvalue weighted by Gasteiger charge is -2.16. The summed E-state index contributed by atoms with van der Waals surface area (Å²) in [6.45, 7) is 3.78. The Morgan fingerprint density at radius 3 is 2.40 bits per heavy atom. The van der Waals surface area contributed by atoms with E-state index in [1.165, 1.54) is 0 Å². The maximum absolute atomic E-state index is 12.3. The van der Waals surface area contributed by atoms with Gasteiger partial charge >= 0.3 is 0 Å². The lowest BCUT2D eigenvalue weighted by Crippen LogP contribution is -2.37. The highest BCUT2D eigenvalue weighted by Crippen LogP contribution is 2.15. The van der Waals surface area contributed by atoms with E-state index in [1.807, 2.05) is 38.3 Å². The zero-order chi connectivity index (χ0) is 18.2. The van der Waals surface area contributed by atoms with E-state index in [9.17, 15) is 9.90 Å². The van der Waals surface area contributed by atoms with Gasteiger partial charge in [-0.1, -0.05) is 0 Å². The van der Waals surface area contributed by atoms with Gasteiger partial charge < -0.3 is 15.7 Å². The van der Waals surface area contributed by atoms with E-state index in [4.69, 9.17) is 0 Å². The summed E-state index contributed by atoms with van der Waals surface area (Å²) in [5.41, 5.74) is 3.15. The molecular formula is C18H24N4O2S. The predicted molar refractivity (Wildman–Crippen MR) is 103 cm³/mol. The third-order valence-corrected chi connectivity index (χ3v) is 4.26. The van der Waals surface area contributed by atoms with Crippen molar-refractivity contribution in [1.29, 1.82) is 0 Å². The SMILES string of the molecule is CSCCC(CO)NC(=O)c1ccc(Nc2nc(C)cc(C)n2)cc1. The molecule has 7 heteroatoms. The Labute approximate surface area is 152 Å². The second-order valence-corrected chi connectivity index (χ2v) is 6.80. The summed E-state index contributed by atoms with van der Waals surface area (Å²) >= 11 is 1.69. The summed E-state index contributed by atoms with van der Waals surface area (Å²) < 4.78 is 0. The summed E-state index contributed by atoms with van der Waals surface area (Å²) in [5.74, 6) is 1.24. The minimum Gasteiger partial charge on any atom is -0.394 e. The molecule has 2 aromatic rings. The van der Waals surface area contributed by atoms with Crippen LogP contribution in [0.2, 0.25) is 0 Å².